The third-order valence-electron chi connectivity index (χ3n) is 5.17. The van der Waals surface area contributed by atoms with Gasteiger partial charge in [0.2, 0.25) is 0 Å². The van der Waals surface area contributed by atoms with Crippen molar-refractivity contribution in [1.82, 2.24) is 10.3 Å². The minimum Gasteiger partial charge on any atom is -0.497 e. The Morgan fingerprint density at radius 3 is 2.59 bits per heavy atom. The van der Waals surface area contributed by atoms with E-state index in [9.17, 15) is 9.90 Å². The molecule has 3 N–H and O–H groups in total. The smallest absolute Gasteiger partial charge is 0.305 e. The molecule has 0 bridgehead atoms. The van der Waals surface area contributed by atoms with Crippen LogP contribution < -0.4 is 10.1 Å². The average molecular weight is 375 g/mol. The molecule has 1 heterocycles. The Hall–Kier alpha value is -2.01. The largest absolute Gasteiger partial charge is 0.497 e. The van der Waals surface area contributed by atoms with Crippen molar-refractivity contribution in [2.75, 3.05) is 7.11 Å². The number of ether oxygens (including phenoxy) is 1. The van der Waals surface area contributed by atoms with Crippen molar-refractivity contribution in [2.45, 2.75) is 77.3 Å². The molecule has 1 aromatic heterocycles. The molecule has 0 saturated carbocycles. The van der Waals surface area contributed by atoms with Gasteiger partial charge in [-0.2, -0.15) is 0 Å². The van der Waals surface area contributed by atoms with Crippen molar-refractivity contribution in [3.05, 3.63) is 30.0 Å². The van der Waals surface area contributed by atoms with Crippen LogP contribution in [0.5, 0.6) is 5.75 Å². The molecule has 0 aliphatic carbocycles. The Morgan fingerprint density at radius 2 is 1.93 bits per heavy atom. The van der Waals surface area contributed by atoms with Gasteiger partial charge in [0.15, 0.2) is 0 Å². The van der Waals surface area contributed by atoms with Crippen molar-refractivity contribution >= 4 is 16.9 Å². The summed E-state index contributed by atoms with van der Waals surface area (Å²) < 4.78 is 5.36. The topological polar surface area (TPSA) is 74.4 Å². The molecule has 0 fully saturated rings. The van der Waals surface area contributed by atoms with Crippen molar-refractivity contribution < 1.29 is 14.6 Å². The lowest BCUT2D eigenvalue weighted by Crippen LogP contribution is -2.34. The number of methoxy groups -OCH3 is 1. The molecule has 0 radical (unpaired) electrons. The third kappa shape index (κ3) is 6.28. The minimum absolute atomic E-state index is 0.0700. The second-order valence-electron chi connectivity index (χ2n) is 7.31. The Kier molecular flexibility index (Phi) is 8.65. The number of aromatic amines is 1. The van der Waals surface area contributed by atoms with E-state index in [4.69, 9.17) is 4.74 Å². The SMILES string of the molecule is CCCCCC(CCCC)NC(CC(=O)O)c1c[nH]c2ccc(OC)cc12. The summed E-state index contributed by atoms with van der Waals surface area (Å²) in [5.41, 5.74) is 2.00. The molecule has 2 aromatic rings. The van der Waals surface area contributed by atoms with E-state index in [-0.39, 0.29) is 12.5 Å². The van der Waals surface area contributed by atoms with Gasteiger partial charge in [-0.05, 0) is 36.6 Å². The molecule has 2 unspecified atom stereocenters. The summed E-state index contributed by atoms with van der Waals surface area (Å²) in [6.07, 6.45) is 10.1. The number of rotatable bonds is 13. The highest BCUT2D eigenvalue weighted by Gasteiger charge is 2.22. The third-order valence-corrected chi connectivity index (χ3v) is 5.17. The number of carboxylic acids is 1. The molecular weight excluding hydrogens is 340 g/mol. The van der Waals surface area contributed by atoms with Crippen LogP contribution in [0, 0.1) is 0 Å². The Morgan fingerprint density at radius 1 is 1.19 bits per heavy atom. The highest BCUT2D eigenvalue weighted by molar-refractivity contribution is 5.85. The number of aromatic nitrogens is 1. The number of benzene rings is 1. The summed E-state index contributed by atoms with van der Waals surface area (Å²) in [5.74, 6) is -0.00421. The monoisotopic (exact) mass is 374 g/mol. The van der Waals surface area contributed by atoms with Crippen LogP contribution in [0.3, 0.4) is 0 Å². The second-order valence-corrected chi connectivity index (χ2v) is 7.31. The van der Waals surface area contributed by atoms with Gasteiger partial charge in [0.05, 0.1) is 13.5 Å². The number of hydrogen-bond acceptors (Lipinski definition) is 3. The fourth-order valence-electron chi connectivity index (χ4n) is 3.66. The summed E-state index contributed by atoms with van der Waals surface area (Å²) in [7, 11) is 1.65. The van der Waals surface area contributed by atoms with Crippen LogP contribution in [0.2, 0.25) is 0 Å². The predicted molar refractivity (Wildman–Crippen MR) is 110 cm³/mol. The van der Waals surface area contributed by atoms with E-state index < -0.39 is 5.97 Å². The Labute approximate surface area is 162 Å². The molecule has 0 saturated heterocycles. The standard InChI is InChI=1S/C22H34N2O3/c1-4-6-8-10-16(9-7-5-2)24-21(14-22(25)26)19-15-23-20-12-11-17(27-3)13-18(19)20/h11-13,15-16,21,23-24H,4-10,14H2,1-3H3,(H,25,26). The van der Waals surface area contributed by atoms with Gasteiger partial charge in [-0.25, -0.2) is 0 Å². The van der Waals surface area contributed by atoms with Crippen LogP contribution >= 0.6 is 0 Å². The number of carboxylic acid groups (broad SMARTS) is 1. The molecule has 1 aromatic carbocycles. The minimum atomic E-state index is -0.785. The number of H-pyrrole nitrogens is 1. The Bertz CT molecular complexity index is 711. The van der Waals surface area contributed by atoms with Gasteiger partial charge < -0.3 is 20.1 Å². The first kappa shape index (κ1) is 21.3. The molecular formula is C22H34N2O3. The van der Waals surface area contributed by atoms with Gasteiger partial charge in [-0.3, -0.25) is 4.79 Å². The van der Waals surface area contributed by atoms with Crippen LogP contribution in [0.25, 0.3) is 10.9 Å². The molecule has 2 rings (SSSR count). The lowest BCUT2D eigenvalue weighted by molar-refractivity contribution is -0.137. The summed E-state index contributed by atoms with van der Waals surface area (Å²) in [4.78, 5) is 14.8. The van der Waals surface area contributed by atoms with E-state index in [0.717, 1.165) is 47.9 Å². The van der Waals surface area contributed by atoms with E-state index >= 15 is 0 Å². The van der Waals surface area contributed by atoms with Gasteiger partial charge >= 0.3 is 5.97 Å². The summed E-state index contributed by atoms with van der Waals surface area (Å²) in [5, 5.41) is 14.2. The fraction of sp³-hybridized carbons (Fsp3) is 0.591. The van der Waals surface area contributed by atoms with E-state index in [0.29, 0.717) is 6.04 Å². The quantitative estimate of drug-likeness (QED) is 0.409. The molecule has 0 aliphatic heterocycles. The zero-order valence-corrected chi connectivity index (χ0v) is 16.9. The number of unbranched alkanes of at least 4 members (excludes halogenated alkanes) is 3. The van der Waals surface area contributed by atoms with E-state index in [1.54, 1.807) is 7.11 Å². The van der Waals surface area contributed by atoms with Gasteiger partial charge in [-0.1, -0.05) is 46.0 Å². The van der Waals surface area contributed by atoms with Gasteiger partial charge in [0.25, 0.3) is 0 Å². The van der Waals surface area contributed by atoms with Gasteiger partial charge in [0.1, 0.15) is 5.75 Å². The van der Waals surface area contributed by atoms with Crippen molar-refractivity contribution in [2.24, 2.45) is 0 Å². The maximum Gasteiger partial charge on any atom is 0.305 e. The maximum absolute atomic E-state index is 11.5. The van der Waals surface area contributed by atoms with Crippen LogP contribution in [0.4, 0.5) is 0 Å². The molecule has 0 spiro atoms. The normalized spacial score (nSPS) is 13.6. The number of nitrogens with one attached hydrogen (secondary N) is 2. The Balaban J connectivity index is 2.25. The van der Waals surface area contributed by atoms with Crippen molar-refractivity contribution in [1.29, 1.82) is 0 Å². The van der Waals surface area contributed by atoms with E-state index in [1.165, 1.54) is 19.3 Å². The van der Waals surface area contributed by atoms with Crippen LogP contribution in [-0.4, -0.2) is 29.2 Å². The number of carbonyl (C=O) groups is 1. The second kappa shape index (κ2) is 11.0. The average Bonchev–Trinajstić information content (AvgIpc) is 3.08. The number of fused-ring (bicyclic) bond motifs is 1. The molecule has 0 aliphatic rings. The van der Waals surface area contributed by atoms with Gasteiger partial charge in [-0.15, -0.1) is 0 Å². The number of hydrogen-bond donors (Lipinski definition) is 3. The maximum atomic E-state index is 11.5. The molecule has 27 heavy (non-hydrogen) atoms. The van der Waals surface area contributed by atoms with Crippen LogP contribution in [0.1, 0.15) is 76.8 Å². The van der Waals surface area contributed by atoms with E-state index in [1.807, 2.05) is 24.4 Å². The van der Waals surface area contributed by atoms with Crippen LogP contribution in [0.15, 0.2) is 24.4 Å². The lowest BCUT2D eigenvalue weighted by Gasteiger charge is -2.25. The molecule has 2 atom stereocenters. The van der Waals surface area contributed by atoms with Crippen molar-refractivity contribution in [3.8, 4) is 5.75 Å². The highest BCUT2D eigenvalue weighted by atomic mass is 16.5. The lowest BCUT2D eigenvalue weighted by atomic mass is 9.97. The first-order valence-corrected chi connectivity index (χ1v) is 10.2. The van der Waals surface area contributed by atoms with E-state index in [2.05, 4.69) is 24.1 Å². The molecule has 150 valence electrons. The summed E-state index contributed by atoms with van der Waals surface area (Å²) in [6, 6.07) is 6.00. The van der Waals surface area contributed by atoms with Crippen molar-refractivity contribution in [3.63, 3.8) is 0 Å². The molecule has 0 amide bonds. The first-order chi connectivity index (χ1) is 13.1. The summed E-state index contributed by atoms with van der Waals surface area (Å²) in [6.45, 7) is 4.41. The zero-order valence-electron chi connectivity index (χ0n) is 16.9. The number of aliphatic carboxylic acids is 1. The van der Waals surface area contributed by atoms with Crippen LogP contribution in [-0.2, 0) is 4.79 Å². The summed E-state index contributed by atoms with van der Waals surface area (Å²) >= 11 is 0. The van der Waals surface area contributed by atoms with Gasteiger partial charge in [0, 0.05) is 29.2 Å². The fourth-order valence-corrected chi connectivity index (χ4v) is 3.66. The first-order valence-electron chi connectivity index (χ1n) is 10.2. The molecule has 5 heteroatoms. The highest BCUT2D eigenvalue weighted by Crippen LogP contribution is 2.30. The predicted octanol–water partition coefficient (Wildman–Crippen LogP) is 5.42. The zero-order chi connectivity index (χ0) is 19.6. The molecule has 5 nitrogen and oxygen atoms in total.